The van der Waals surface area contributed by atoms with Crippen molar-refractivity contribution >= 4 is 11.6 Å². The number of alkyl halides is 1. The third kappa shape index (κ3) is 1.67. The summed E-state index contributed by atoms with van der Waals surface area (Å²) in [6.45, 7) is 5.86. The van der Waals surface area contributed by atoms with E-state index in [0.29, 0.717) is 5.92 Å². The van der Waals surface area contributed by atoms with Gasteiger partial charge in [-0.15, -0.1) is 11.6 Å². The maximum atomic E-state index is 13.8. The zero-order valence-corrected chi connectivity index (χ0v) is 10.2. The van der Waals surface area contributed by atoms with Gasteiger partial charge in [0.1, 0.15) is 5.82 Å². The molecule has 0 bridgehead atoms. The number of benzene rings is 1. The first kappa shape index (κ1) is 10.9. The average Bonchev–Trinajstić information content (AvgIpc) is 2.20. The lowest BCUT2D eigenvalue weighted by molar-refractivity contribution is 0.555. The predicted molar refractivity (Wildman–Crippen MR) is 62.1 cm³/mol. The maximum Gasteiger partial charge on any atom is 0.129 e. The molecule has 1 aliphatic carbocycles. The highest BCUT2D eigenvalue weighted by Gasteiger charge is 2.26. The molecule has 2 rings (SSSR count). The molecule has 1 aromatic carbocycles. The van der Waals surface area contributed by atoms with Gasteiger partial charge >= 0.3 is 0 Å². The number of halogens is 2. The van der Waals surface area contributed by atoms with Gasteiger partial charge in [0.15, 0.2) is 0 Å². The second-order valence-corrected chi connectivity index (χ2v) is 5.11. The van der Waals surface area contributed by atoms with Crippen molar-refractivity contribution in [3.8, 4) is 0 Å². The van der Waals surface area contributed by atoms with Crippen LogP contribution in [0.25, 0.3) is 0 Å². The molecule has 0 fully saturated rings. The summed E-state index contributed by atoms with van der Waals surface area (Å²) in [5.74, 6) is 0.418. The Hall–Kier alpha value is -0.560. The van der Waals surface area contributed by atoms with Crippen LogP contribution < -0.4 is 0 Å². The third-order valence-corrected chi connectivity index (χ3v) is 3.90. The molecule has 0 heterocycles. The molecule has 0 spiro atoms. The highest BCUT2D eigenvalue weighted by atomic mass is 35.5. The average molecular weight is 227 g/mol. The number of aryl methyl sites for hydroxylation is 1. The fraction of sp³-hybridized carbons (Fsp3) is 0.538. The molecule has 0 saturated heterocycles. The summed E-state index contributed by atoms with van der Waals surface area (Å²) in [5.41, 5.74) is 3.77. The zero-order chi connectivity index (χ0) is 11.2. The molecule has 0 saturated carbocycles. The summed E-state index contributed by atoms with van der Waals surface area (Å²) >= 11 is 6.28. The first-order valence-corrected chi connectivity index (χ1v) is 5.89. The van der Waals surface area contributed by atoms with E-state index in [-0.39, 0.29) is 11.2 Å². The van der Waals surface area contributed by atoms with Crippen LogP contribution in [0.15, 0.2) is 6.07 Å². The van der Waals surface area contributed by atoms with E-state index in [1.54, 1.807) is 0 Å². The van der Waals surface area contributed by atoms with Gasteiger partial charge in [0, 0.05) is 0 Å². The fourth-order valence-electron chi connectivity index (χ4n) is 2.52. The molecule has 0 aliphatic heterocycles. The Kier molecular flexibility index (Phi) is 2.76. The van der Waals surface area contributed by atoms with Crippen LogP contribution in [0.3, 0.4) is 0 Å². The van der Waals surface area contributed by atoms with Gasteiger partial charge in [0.05, 0.1) is 5.38 Å². The smallest absolute Gasteiger partial charge is 0.129 e. The summed E-state index contributed by atoms with van der Waals surface area (Å²) in [6, 6.07) is 1.97. The molecule has 0 aromatic heterocycles. The van der Waals surface area contributed by atoms with Crippen LogP contribution in [0.2, 0.25) is 0 Å². The molecule has 1 aliphatic rings. The van der Waals surface area contributed by atoms with Crippen molar-refractivity contribution in [2.45, 2.75) is 44.9 Å². The molecule has 0 N–H and O–H groups in total. The van der Waals surface area contributed by atoms with Gasteiger partial charge in [-0.1, -0.05) is 13.0 Å². The zero-order valence-electron chi connectivity index (χ0n) is 9.40. The summed E-state index contributed by atoms with van der Waals surface area (Å²) in [7, 11) is 0. The van der Waals surface area contributed by atoms with Crippen molar-refractivity contribution in [1.29, 1.82) is 0 Å². The lowest BCUT2D eigenvalue weighted by atomic mass is 9.80. The predicted octanol–water partition coefficient (Wildman–Crippen LogP) is 4.62. The van der Waals surface area contributed by atoms with Crippen LogP contribution in [0, 0.1) is 19.7 Å². The van der Waals surface area contributed by atoms with Crippen LogP contribution in [0.1, 0.15) is 53.3 Å². The van der Waals surface area contributed by atoms with Crippen LogP contribution >= 0.6 is 11.6 Å². The van der Waals surface area contributed by atoms with Crippen molar-refractivity contribution in [3.63, 3.8) is 0 Å². The number of fused-ring (bicyclic) bond motifs is 1. The highest BCUT2D eigenvalue weighted by Crippen LogP contribution is 2.43. The summed E-state index contributed by atoms with van der Waals surface area (Å²) < 4.78 is 13.8. The van der Waals surface area contributed by atoms with Gasteiger partial charge in [-0.2, -0.15) is 0 Å². The molecule has 0 radical (unpaired) electrons. The number of hydrogen-bond acceptors (Lipinski definition) is 0. The van der Waals surface area contributed by atoms with Crippen molar-refractivity contribution in [2.24, 2.45) is 0 Å². The molecular formula is C13H16ClF. The standard InChI is InChI=1S/C13H16ClF/c1-7-4-5-11(14)12-9(3)13(15)8(2)6-10(7)12/h6-7,11H,4-5H2,1-3H3. The SMILES string of the molecule is Cc1cc2c(c(C)c1F)C(Cl)CCC2C. The molecular weight excluding hydrogens is 211 g/mol. The third-order valence-electron chi connectivity index (χ3n) is 3.46. The monoisotopic (exact) mass is 226 g/mol. The molecule has 2 atom stereocenters. The summed E-state index contributed by atoms with van der Waals surface area (Å²) in [6.07, 6.45) is 2.06. The maximum absolute atomic E-state index is 13.8. The number of hydrogen-bond donors (Lipinski definition) is 0. The topological polar surface area (TPSA) is 0 Å². The van der Waals surface area contributed by atoms with Crippen molar-refractivity contribution in [2.75, 3.05) is 0 Å². The minimum Gasteiger partial charge on any atom is -0.206 e. The van der Waals surface area contributed by atoms with E-state index < -0.39 is 0 Å². The molecule has 1 aromatic rings. The van der Waals surface area contributed by atoms with Gasteiger partial charge in [-0.25, -0.2) is 4.39 Å². The molecule has 2 unspecified atom stereocenters. The van der Waals surface area contributed by atoms with Gasteiger partial charge < -0.3 is 0 Å². The van der Waals surface area contributed by atoms with Crippen LogP contribution in [-0.2, 0) is 0 Å². The van der Waals surface area contributed by atoms with Gasteiger partial charge in [0.25, 0.3) is 0 Å². The van der Waals surface area contributed by atoms with E-state index in [1.807, 2.05) is 19.9 Å². The van der Waals surface area contributed by atoms with Crippen molar-refractivity contribution in [1.82, 2.24) is 0 Å². The van der Waals surface area contributed by atoms with Gasteiger partial charge in [-0.3, -0.25) is 0 Å². The molecule has 0 amide bonds. The second kappa shape index (κ2) is 3.79. The minimum absolute atomic E-state index is 0.00806. The summed E-state index contributed by atoms with van der Waals surface area (Å²) in [4.78, 5) is 0. The molecule has 82 valence electrons. The van der Waals surface area contributed by atoms with Crippen molar-refractivity contribution < 1.29 is 4.39 Å². The van der Waals surface area contributed by atoms with Crippen molar-refractivity contribution in [3.05, 3.63) is 34.1 Å². The molecule has 2 heteroatoms. The Morgan fingerprint density at radius 3 is 2.67 bits per heavy atom. The Balaban J connectivity index is 2.68. The Morgan fingerprint density at radius 1 is 1.33 bits per heavy atom. The van der Waals surface area contributed by atoms with Crippen LogP contribution in [0.5, 0.6) is 0 Å². The van der Waals surface area contributed by atoms with Gasteiger partial charge in [0.2, 0.25) is 0 Å². The Labute approximate surface area is 95.4 Å². The van der Waals surface area contributed by atoms with Crippen LogP contribution in [-0.4, -0.2) is 0 Å². The summed E-state index contributed by atoms with van der Waals surface area (Å²) in [5, 5.41) is -0.00806. The quantitative estimate of drug-likeness (QED) is 0.567. The fourth-order valence-corrected chi connectivity index (χ4v) is 2.94. The lowest BCUT2D eigenvalue weighted by Crippen LogP contribution is -2.13. The molecule has 0 nitrogen and oxygen atoms in total. The number of rotatable bonds is 0. The van der Waals surface area contributed by atoms with E-state index in [2.05, 4.69) is 6.92 Å². The highest BCUT2D eigenvalue weighted by molar-refractivity contribution is 6.21. The van der Waals surface area contributed by atoms with Gasteiger partial charge in [-0.05, 0) is 54.9 Å². The molecule has 15 heavy (non-hydrogen) atoms. The van der Waals surface area contributed by atoms with E-state index in [0.717, 1.165) is 29.5 Å². The van der Waals surface area contributed by atoms with E-state index in [9.17, 15) is 4.39 Å². The van der Waals surface area contributed by atoms with Crippen LogP contribution in [0.4, 0.5) is 4.39 Å². The normalized spacial score (nSPS) is 25.1. The lowest BCUT2D eigenvalue weighted by Gasteiger charge is -2.28. The van der Waals surface area contributed by atoms with E-state index in [4.69, 9.17) is 11.6 Å². The Morgan fingerprint density at radius 2 is 2.00 bits per heavy atom. The van der Waals surface area contributed by atoms with E-state index >= 15 is 0 Å². The minimum atomic E-state index is -0.0894. The Bertz CT molecular complexity index is 398. The first-order chi connectivity index (χ1) is 7.02. The largest absolute Gasteiger partial charge is 0.206 e. The first-order valence-electron chi connectivity index (χ1n) is 5.46. The second-order valence-electron chi connectivity index (χ2n) is 4.58. The van der Waals surface area contributed by atoms with E-state index in [1.165, 1.54) is 5.56 Å².